The lowest BCUT2D eigenvalue weighted by Gasteiger charge is -2.45. The van der Waals surface area contributed by atoms with Crippen LogP contribution in [-0.2, 0) is 0 Å². The molecule has 2 aliphatic rings. The van der Waals surface area contributed by atoms with Crippen LogP contribution in [0.15, 0.2) is 24.3 Å². The lowest BCUT2D eigenvalue weighted by molar-refractivity contribution is 0.0390. The van der Waals surface area contributed by atoms with Crippen molar-refractivity contribution < 1.29 is 4.74 Å². The number of ether oxygens (including phenoxy) is 1. The van der Waals surface area contributed by atoms with Gasteiger partial charge in [-0.25, -0.2) is 0 Å². The molecule has 3 rings (SSSR count). The number of benzene rings is 1. The first-order valence-corrected chi connectivity index (χ1v) is 8.36. The molecule has 0 aromatic heterocycles. The van der Waals surface area contributed by atoms with Crippen LogP contribution in [0.1, 0.15) is 44.2 Å². The molecule has 116 valence electrons. The molecule has 0 spiro atoms. The Labute approximate surface area is 128 Å². The van der Waals surface area contributed by atoms with Gasteiger partial charge < -0.3 is 10.5 Å². The summed E-state index contributed by atoms with van der Waals surface area (Å²) in [5.41, 5.74) is 7.39. The number of para-hydroxylation sites is 1. The molecule has 1 fully saturated rings. The van der Waals surface area contributed by atoms with E-state index in [-0.39, 0.29) is 0 Å². The summed E-state index contributed by atoms with van der Waals surface area (Å²) in [5, 5.41) is 0. The fraction of sp³-hybridized carbons (Fsp3) is 0.667. The summed E-state index contributed by atoms with van der Waals surface area (Å²) >= 11 is 0. The highest BCUT2D eigenvalue weighted by Crippen LogP contribution is 2.41. The van der Waals surface area contributed by atoms with Gasteiger partial charge in [0, 0.05) is 23.6 Å². The minimum atomic E-state index is 0.451. The molecule has 3 nitrogen and oxygen atoms in total. The summed E-state index contributed by atoms with van der Waals surface area (Å²) in [4.78, 5) is 2.60. The third-order valence-corrected chi connectivity index (χ3v) is 5.41. The molecule has 21 heavy (non-hydrogen) atoms. The Kier molecular flexibility index (Phi) is 4.51. The van der Waals surface area contributed by atoms with Crippen LogP contribution in [0.3, 0.4) is 0 Å². The Morgan fingerprint density at radius 1 is 1.24 bits per heavy atom. The molecule has 1 heterocycles. The second kappa shape index (κ2) is 6.37. The third kappa shape index (κ3) is 2.82. The van der Waals surface area contributed by atoms with E-state index in [9.17, 15) is 0 Å². The van der Waals surface area contributed by atoms with E-state index in [4.69, 9.17) is 10.5 Å². The fourth-order valence-electron chi connectivity index (χ4n) is 4.30. The SMILES string of the molecule is CC1COc2ccccc2C1N(C)C1CCCCC1CN. The number of fused-ring (bicyclic) bond motifs is 1. The average molecular weight is 288 g/mol. The maximum Gasteiger partial charge on any atom is 0.124 e. The summed E-state index contributed by atoms with van der Waals surface area (Å²) < 4.78 is 5.91. The van der Waals surface area contributed by atoms with Gasteiger partial charge in [-0.3, -0.25) is 4.90 Å². The Hall–Kier alpha value is -1.06. The van der Waals surface area contributed by atoms with E-state index in [2.05, 4.69) is 43.1 Å². The van der Waals surface area contributed by atoms with E-state index in [1.807, 2.05) is 0 Å². The second-order valence-corrected chi connectivity index (χ2v) is 6.78. The third-order valence-electron chi connectivity index (χ3n) is 5.41. The smallest absolute Gasteiger partial charge is 0.124 e. The van der Waals surface area contributed by atoms with Gasteiger partial charge in [0.05, 0.1) is 6.61 Å². The van der Waals surface area contributed by atoms with Gasteiger partial charge in [-0.15, -0.1) is 0 Å². The average Bonchev–Trinajstić information content (AvgIpc) is 2.54. The second-order valence-electron chi connectivity index (χ2n) is 6.78. The minimum absolute atomic E-state index is 0.451. The van der Waals surface area contributed by atoms with E-state index < -0.39 is 0 Å². The Morgan fingerprint density at radius 3 is 2.81 bits per heavy atom. The van der Waals surface area contributed by atoms with E-state index in [0.29, 0.717) is 23.9 Å². The van der Waals surface area contributed by atoms with Crippen LogP contribution in [0.5, 0.6) is 5.75 Å². The molecule has 0 bridgehead atoms. The summed E-state index contributed by atoms with van der Waals surface area (Å²) in [6.45, 7) is 3.93. The highest BCUT2D eigenvalue weighted by Gasteiger charge is 2.37. The lowest BCUT2D eigenvalue weighted by atomic mass is 9.81. The van der Waals surface area contributed by atoms with Crippen molar-refractivity contribution >= 4 is 0 Å². The first kappa shape index (κ1) is 14.9. The van der Waals surface area contributed by atoms with Crippen LogP contribution in [-0.4, -0.2) is 31.1 Å². The maximum absolute atomic E-state index is 6.04. The molecule has 4 atom stereocenters. The van der Waals surface area contributed by atoms with Crippen molar-refractivity contribution in [3.05, 3.63) is 29.8 Å². The Morgan fingerprint density at radius 2 is 2.00 bits per heavy atom. The van der Waals surface area contributed by atoms with Gasteiger partial charge in [-0.2, -0.15) is 0 Å². The van der Waals surface area contributed by atoms with E-state index in [1.165, 1.54) is 31.2 Å². The van der Waals surface area contributed by atoms with Gasteiger partial charge in [0.15, 0.2) is 0 Å². The van der Waals surface area contributed by atoms with Crippen molar-refractivity contribution in [2.24, 2.45) is 17.6 Å². The molecule has 2 N–H and O–H groups in total. The van der Waals surface area contributed by atoms with Crippen LogP contribution < -0.4 is 10.5 Å². The predicted octanol–water partition coefficient (Wildman–Crippen LogP) is 3.21. The molecule has 0 amide bonds. The summed E-state index contributed by atoms with van der Waals surface area (Å²) in [7, 11) is 2.29. The zero-order valence-electron chi connectivity index (χ0n) is 13.3. The fourth-order valence-corrected chi connectivity index (χ4v) is 4.30. The zero-order chi connectivity index (χ0) is 14.8. The van der Waals surface area contributed by atoms with Crippen molar-refractivity contribution in [1.82, 2.24) is 4.90 Å². The number of nitrogens with two attached hydrogens (primary N) is 1. The molecule has 1 saturated carbocycles. The van der Waals surface area contributed by atoms with Crippen molar-refractivity contribution in [2.45, 2.75) is 44.7 Å². The standard InChI is InChI=1S/C18H28N2O/c1-13-12-21-17-10-6-4-8-15(17)18(13)20(2)16-9-5-3-7-14(16)11-19/h4,6,8,10,13-14,16,18H,3,5,7,9,11-12,19H2,1-2H3. The van der Waals surface area contributed by atoms with Crippen LogP contribution >= 0.6 is 0 Å². The van der Waals surface area contributed by atoms with E-state index >= 15 is 0 Å². The number of rotatable bonds is 3. The number of hydrogen-bond donors (Lipinski definition) is 1. The van der Waals surface area contributed by atoms with Gasteiger partial charge in [-0.05, 0) is 38.4 Å². The molecular formula is C18H28N2O. The largest absolute Gasteiger partial charge is 0.493 e. The van der Waals surface area contributed by atoms with Crippen molar-refractivity contribution in [1.29, 1.82) is 0 Å². The van der Waals surface area contributed by atoms with Crippen molar-refractivity contribution in [2.75, 3.05) is 20.2 Å². The number of nitrogens with zero attached hydrogens (tertiary/aromatic N) is 1. The molecule has 1 aromatic carbocycles. The van der Waals surface area contributed by atoms with Crippen molar-refractivity contribution in [3.8, 4) is 5.75 Å². The molecule has 1 aromatic rings. The molecule has 1 aliphatic heterocycles. The lowest BCUT2D eigenvalue weighted by Crippen LogP contribution is -2.47. The zero-order valence-corrected chi connectivity index (χ0v) is 13.3. The van der Waals surface area contributed by atoms with Gasteiger partial charge in [0.2, 0.25) is 0 Å². The van der Waals surface area contributed by atoms with E-state index in [0.717, 1.165) is 18.9 Å². The van der Waals surface area contributed by atoms with Crippen molar-refractivity contribution in [3.63, 3.8) is 0 Å². The van der Waals surface area contributed by atoms with Gasteiger partial charge in [0.1, 0.15) is 5.75 Å². The summed E-state index contributed by atoms with van der Waals surface area (Å²) in [6.07, 6.45) is 5.24. The molecule has 1 aliphatic carbocycles. The summed E-state index contributed by atoms with van der Waals surface area (Å²) in [5.74, 6) is 2.23. The highest BCUT2D eigenvalue weighted by molar-refractivity contribution is 5.38. The molecule has 3 heteroatoms. The highest BCUT2D eigenvalue weighted by atomic mass is 16.5. The predicted molar refractivity (Wildman–Crippen MR) is 86.4 cm³/mol. The van der Waals surface area contributed by atoms with Crippen LogP contribution in [0, 0.1) is 11.8 Å². The van der Waals surface area contributed by atoms with Gasteiger partial charge >= 0.3 is 0 Å². The van der Waals surface area contributed by atoms with Gasteiger partial charge in [0.25, 0.3) is 0 Å². The molecule has 0 radical (unpaired) electrons. The van der Waals surface area contributed by atoms with Gasteiger partial charge in [-0.1, -0.05) is 38.0 Å². The molecule has 0 saturated heterocycles. The normalized spacial score (nSPS) is 32.6. The first-order chi connectivity index (χ1) is 10.2. The topological polar surface area (TPSA) is 38.5 Å². The Bertz CT molecular complexity index is 476. The maximum atomic E-state index is 6.04. The minimum Gasteiger partial charge on any atom is -0.493 e. The monoisotopic (exact) mass is 288 g/mol. The first-order valence-electron chi connectivity index (χ1n) is 8.36. The van der Waals surface area contributed by atoms with Crippen LogP contribution in [0.2, 0.25) is 0 Å². The Balaban J connectivity index is 1.87. The van der Waals surface area contributed by atoms with Crippen LogP contribution in [0.4, 0.5) is 0 Å². The quantitative estimate of drug-likeness (QED) is 0.928. The molecule has 4 unspecified atom stereocenters. The summed E-state index contributed by atoms with van der Waals surface area (Å²) in [6, 6.07) is 9.59. The molecular weight excluding hydrogens is 260 g/mol. The number of hydrogen-bond acceptors (Lipinski definition) is 3. The van der Waals surface area contributed by atoms with E-state index in [1.54, 1.807) is 0 Å². The van der Waals surface area contributed by atoms with Crippen LogP contribution in [0.25, 0.3) is 0 Å².